The van der Waals surface area contributed by atoms with Crippen LogP contribution in [0.25, 0.3) is 0 Å². The van der Waals surface area contributed by atoms with Crippen molar-refractivity contribution in [3.05, 3.63) is 0 Å². The number of hydrogen-bond donors (Lipinski definition) is 0. The first kappa shape index (κ1) is 11.2. The smallest absolute Gasteiger partial charge is 0.148 e. The molecule has 0 nitrogen and oxygen atoms in total. The third kappa shape index (κ3) is 6.60. The maximum atomic E-state index is 12.7. The highest BCUT2D eigenvalue weighted by molar-refractivity contribution is 8.00. The first-order chi connectivity index (χ1) is 5.20. The molecule has 0 bridgehead atoms. The van der Waals surface area contributed by atoms with Gasteiger partial charge in [-0.25, -0.2) is 8.78 Å². The van der Waals surface area contributed by atoms with E-state index in [1.165, 1.54) is 0 Å². The summed E-state index contributed by atoms with van der Waals surface area (Å²) in [7, 11) is 0. The summed E-state index contributed by atoms with van der Waals surface area (Å²) >= 11 is 0.815. The van der Waals surface area contributed by atoms with Gasteiger partial charge in [-0.3, -0.25) is 0 Å². The average Bonchev–Trinajstić information content (AvgIpc) is 1.87. The van der Waals surface area contributed by atoms with Crippen molar-refractivity contribution >= 4 is 11.8 Å². The predicted molar refractivity (Wildman–Crippen MR) is 47.2 cm³/mol. The molecule has 0 N–H and O–H groups in total. The molecule has 0 aromatic heterocycles. The lowest BCUT2D eigenvalue weighted by atomic mass is 10.4. The van der Waals surface area contributed by atoms with E-state index in [4.69, 9.17) is 0 Å². The summed E-state index contributed by atoms with van der Waals surface area (Å²) in [5.74, 6) is 0. The van der Waals surface area contributed by atoms with Gasteiger partial charge in [-0.05, 0) is 12.8 Å². The lowest BCUT2D eigenvalue weighted by molar-refractivity contribution is 0.392. The maximum Gasteiger partial charge on any atom is 0.148 e. The second-order valence-electron chi connectivity index (χ2n) is 2.53. The molecule has 0 rings (SSSR count). The Balaban J connectivity index is 3.32. The van der Waals surface area contributed by atoms with Gasteiger partial charge >= 0.3 is 0 Å². The largest absolute Gasteiger partial charge is 0.236 e. The van der Waals surface area contributed by atoms with E-state index in [-0.39, 0.29) is 0 Å². The second kappa shape index (κ2) is 6.89. The highest BCUT2D eigenvalue weighted by Crippen LogP contribution is 2.26. The zero-order chi connectivity index (χ0) is 8.69. The summed E-state index contributed by atoms with van der Waals surface area (Å²) < 4.78 is 25.4. The van der Waals surface area contributed by atoms with Gasteiger partial charge in [0.25, 0.3) is 0 Å². The third-order valence-corrected chi connectivity index (χ3v) is 2.39. The van der Waals surface area contributed by atoms with E-state index in [0.717, 1.165) is 24.6 Å². The van der Waals surface area contributed by atoms with Crippen molar-refractivity contribution in [1.29, 1.82) is 0 Å². The van der Waals surface area contributed by atoms with E-state index >= 15 is 0 Å². The molecule has 0 amide bonds. The number of halogens is 2. The van der Waals surface area contributed by atoms with Crippen LogP contribution in [0.5, 0.6) is 0 Å². The van der Waals surface area contributed by atoms with Crippen molar-refractivity contribution in [2.45, 2.75) is 50.5 Å². The number of hydrogen-bond acceptors (Lipinski definition) is 1. The van der Waals surface area contributed by atoms with Crippen molar-refractivity contribution in [2.24, 2.45) is 0 Å². The van der Waals surface area contributed by atoms with E-state index in [2.05, 4.69) is 0 Å². The Kier molecular flexibility index (Phi) is 7.02. The Morgan fingerprint density at radius 3 is 1.64 bits per heavy atom. The van der Waals surface area contributed by atoms with E-state index in [9.17, 15) is 8.78 Å². The summed E-state index contributed by atoms with van der Waals surface area (Å²) in [6.45, 7) is 3.81. The molecule has 0 aliphatic rings. The van der Waals surface area contributed by atoms with E-state index in [0.29, 0.717) is 12.8 Å². The van der Waals surface area contributed by atoms with E-state index < -0.39 is 11.0 Å². The SMILES string of the molecule is CCCC(F)SC(F)CCC. The molecule has 0 heterocycles. The van der Waals surface area contributed by atoms with Crippen molar-refractivity contribution in [1.82, 2.24) is 0 Å². The summed E-state index contributed by atoms with van der Waals surface area (Å²) in [6.07, 6.45) is 2.50. The predicted octanol–water partition coefficient (Wildman–Crippen LogP) is 3.91. The molecule has 0 aliphatic carbocycles. The van der Waals surface area contributed by atoms with Gasteiger partial charge in [-0.15, -0.1) is 0 Å². The molecule has 0 saturated heterocycles. The summed E-state index contributed by atoms with van der Waals surface area (Å²) in [5.41, 5.74) is -2.02. The van der Waals surface area contributed by atoms with Crippen molar-refractivity contribution in [3.63, 3.8) is 0 Å². The monoisotopic (exact) mass is 182 g/mol. The number of alkyl halides is 2. The topological polar surface area (TPSA) is 0 Å². The first-order valence-corrected chi connectivity index (χ1v) is 5.08. The van der Waals surface area contributed by atoms with Gasteiger partial charge in [0.1, 0.15) is 11.0 Å². The molecule has 0 radical (unpaired) electrons. The third-order valence-electron chi connectivity index (χ3n) is 1.33. The van der Waals surface area contributed by atoms with Crippen LogP contribution in [0.15, 0.2) is 0 Å². The minimum atomic E-state index is -1.01. The highest BCUT2D eigenvalue weighted by Gasteiger charge is 2.13. The van der Waals surface area contributed by atoms with Gasteiger partial charge in [0.05, 0.1) is 0 Å². The van der Waals surface area contributed by atoms with E-state index in [1.54, 1.807) is 0 Å². The zero-order valence-corrected chi connectivity index (χ0v) is 7.96. The zero-order valence-electron chi connectivity index (χ0n) is 7.15. The summed E-state index contributed by atoms with van der Waals surface area (Å²) in [5, 5.41) is 0. The molecule has 0 spiro atoms. The summed E-state index contributed by atoms with van der Waals surface area (Å²) in [6, 6.07) is 0. The first-order valence-electron chi connectivity index (χ1n) is 4.14. The molecule has 2 atom stereocenters. The van der Waals surface area contributed by atoms with Crippen LogP contribution in [0.3, 0.4) is 0 Å². The van der Waals surface area contributed by atoms with Gasteiger partial charge in [0.2, 0.25) is 0 Å². The van der Waals surface area contributed by atoms with Crippen molar-refractivity contribution in [3.8, 4) is 0 Å². The van der Waals surface area contributed by atoms with Gasteiger partial charge in [-0.1, -0.05) is 38.5 Å². The minimum Gasteiger partial charge on any atom is -0.236 e. The quantitative estimate of drug-likeness (QED) is 0.600. The molecule has 68 valence electrons. The molecule has 11 heavy (non-hydrogen) atoms. The maximum absolute atomic E-state index is 12.7. The Hall–Kier alpha value is 0.210. The standard InChI is InChI=1S/C8H16F2S/c1-3-5-7(9)11-8(10)6-4-2/h7-8H,3-6H2,1-2H3. The number of rotatable bonds is 6. The van der Waals surface area contributed by atoms with Crippen LogP contribution in [0.1, 0.15) is 39.5 Å². The van der Waals surface area contributed by atoms with Crippen LogP contribution in [0, 0.1) is 0 Å². The van der Waals surface area contributed by atoms with Crippen LogP contribution in [0.2, 0.25) is 0 Å². The van der Waals surface area contributed by atoms with Crippen LogP contribution in [0.4, 0.5) is 8.78 Å². The molecule has 0 aliphatic heterocycles. The Bertz CT molecular complexity index is 78.2. The van der Waals surface area contributed by atoms with Gasteiger partial charge < -0.3 is 0 Å². The average molecular weight is 182 g/mol. The van der Waals surface area contributed by atoms with Gasteiger partial charge in [0, 0.05) is 0 Å². The Morgan fingerprint density at radius 1 is 1.00 bits per heavy atom. The number of thioether (sulfide) groups is 1. The lowest BCUT2D eigenvalue weighted by Crippen LogP contribution is -2.01. The molecule has 0 aromatic rings. The Labute approximate surface area is 71.7 Å². The fraction of sp³-hybridized carbons (Fsp3) is 1.00. The molecule has 3 heteroatoms. The summed E-state index contributed by atoms with van der Waals surface area (Å²) in [4.78, 5) is 0. The molecule has 2 unspecified atom stereocenters. The molecular weight excluding hydrogens is 166 g/mol. The van der Waals surface area contributed by atoms with Crippen LogP contribution < -0.4 is 0 Å². The Morgan fingerprint density at radius 2 is 1.36 bits per heavy atom. The molecular formula is C8H16F2S. The minimum absolute atomic E-state index is 0.467. The van der Waals surface area contributed by atoms with Crippen LogP contribution >= 0.6 is 11.8 Å². The molecule has 0 saturated carbocycles. The fourth-order valence-corrected chi connectivity index (χ4v) is 1.81. The van der Waals surface area contributed by atoms with Crippen LogP contribution in [-0.4, -0.2) is 11.0 Å². The highest BCUT2D eigenvalue weighted by atomic mass is 32.2. The fourth-order valence-electron chi connectivity index (χ4n) is 0.750. The van der Waals surface area contributed by atoms with Gasteiger partial charge in [0.15, 0.2) is 0 Å². The second-order valence-corrected chi connectivity index (χ2v) is 3.83. The molecule has 0 fully saturated rings. The van der Waals surface area contributed by atoms with Gasteiger partial charge in [-0.2, -0.15) is 0 Å². The van der Waals surface area contributed by atoms with Crippen molar-refractivity contribution in [2.75, 3.05) is 0 Å². The van der Waals surface area contributed by atoms with Crippen LogP contribution in [-0.2, 0) is 0 Å². The normalized spacial score (nSPS) is 16.4. The van der Waals surface area contributed by atoms with Crippen molar-refractivity contribution < 1.29 is 8.78 Å². The lowest BCUT2D eigenvalue weighted by Gasteiger charge is -2.09. The molecule has 0 aromatic carbocycles. The van der Waals surface area contributed by atoms with E-state index in [1.807, 2.05) is 13.8 Å².